The Morgan fingerprint density at radius 1 is 0.660 bits per heavy atom. The molecule has 3 aromatic rings. The molecule has 7 rings (SSSR count). The van der Waals surface area contributed by atoms with Gasteiger partial charge in [0.25, 0.3) is 0 Å². The van der Waals surface area contributed by atoms with E-state index in [1.165, 1.54) is 19.3 Å². The first-order valence-corrected chi connectivity index (χ1v) is 19.8. The Balaban J connectivity index is 1.57. The van der Waals surface area contributed by atoms with E-state index in [4.69, 9.17) is 18.4 Å². The number of rotatable bonds is 17. The second kappa shape index (κ2) is 15.4. The molecule has 5 nitrogen and oxygen atoms in total. The number of hydrogen-bond acceptors (Lipinski definition) is 5. The highest BCUT2D eigenvalue weighted by molar-refractivity contribution is 8.30. The van der Waals surface area contributed by atoms with Crippen LogP contribution in [0, 0.1) is 23.2 Å². The maximum Gasteiger partial charge on any atom is 0.323 e. The van der Waals surface area contributed by atoms with Crippen molar-refractivity contribution in [3.8, 4) is 17.2 Å². The number of carbonyl (C=O) groups is 1. The van der Waals surface area contributed by atoms with E-state index in [0.29, 0.717) is 49.1 Å². The van der Waals surface area contributed by atoms with Gasteiger partial charge in [0.05, 0.1) is 25.2 Å². The largest absolute Gasteiger partial charge is 0.493 e. The Kier molecular flexibility index (Phi) is 11.1. The van der Waals surface area contributed by atoms with Crippen molar-refractivity contribution >= 4 is 16.3 Å². The van der Waals surface area contributed by atoms with Gasteiger partial charge >= 0.3 is 5.97 Å². The molecule has 0 aliphatic heterocycles. The summed E-state index contributed by atoms with van der Waals surface area (Å²) in [7, 11) is -2.66. The van der Waals surface area contributed by atoms with Gasteiger partial charge in [-0.25, -0.2) is 0 Å². The van der Waals surface area contributed by atoms with Crippen LogP contribution in [0.5, 0.6) is 17.2 Å². The predicted molar refractivity (Wildman–Crippen MR) is 190 cm³/mol. The zero-order valence-electron chi connectivity index (χ0n) is 28.7. The van der Waals surface area contributed by atoms with Crippen molar-refractivity contribution < 1.29 is 23.2 Å². The van der Waals surface area contributed by atoms with Gasteiger partial charge in [0.2, 0.25) is 0 Å². The fourth-order valence-electron chi connectivity index (χ4n) is 8.42. The summed E-state index contributed by atoms with van der Waals surface area (Å²) in [5.41, 5.74) is -0.424. The summed E-state index contributed by atoms with van der Waals surface area (Å²) >= 11 is 0. The summed E-state index contributed by atoms with van der Waals surface area (Å²) in [5, 5.41) is 0. The monoisotopic (exact) mass is 658 g/mol. The molecule has 0 saturated heterocycles. The molecule has 4 saturated carbocycles. The molecule has 4 bridgehead atoms. The van der Waals surface area contributed by atoms with Gasteiger partial charge in [-0.1, -0.05) is 76.4 Å². The van der Waals surface area contributed by atoms with Crippen molar-refractivity contribution in [1.29, 1.82) is 0 Å². The summed E-state index contributed by atoms with van der Waals surface area (Å²) in [6.45, 7) is 8.24. The van der Waals surface area contributed by atoms with Crippen LogP contribution in [-0.4, -0.2) is 25.8 Å². The first-order chi connectivity index (χ1) is 23.0. The SMILES string of the molecule is CCCCOc1cc(OCCCC)c(S(OC(=O)C23CC4CC(CC(C4)C2)C3)(c2ccccc2)c2ccccc2)c(OCCCC)c1. The zero-order chi connectivity index (χ0) is 32.7. The number of carbonyl (C=O) groups excluding carboxylic acids is 1. The van der Waals surface area contributed by atoms with Gasteiger partial charge < -0.3 is 18.4 Å². The first-order valence-electron chi connectivity index (χ1n) is 18.2. The summed E-state index contributed by atoms with van der Waals surface area (Å²) in [6, 6.07) is 24.8. The summed E-state index contributed by atoms with van der Waals surface area (Å²) in [4.78, 5) is 17.9. The van der Waals surface area contributed by atoms with Crippen molar-refractivity contribution in [3.05, 3.63) is 72.8 Å². The molecule has 0 spiro atoms. The minimum absolute atomic E-state index is 0.0402. The van der Waals surface area contributed by atoms with Crippen LogP contribution in [0.25, 0.3) is 0 Å². The van der Waals surface area contributed by atoms with Crippen molar-refractivity contribution in [2.75, 3.05) is 19.8 Å². The minimum Gasteiger partial charge on any atom is -0.493 e. The van der Waals surface area contributed by atoms with Crippen LogP contribution in [0.1, 0.15) is 97.8 Å². The first kappa shape index (κ1) is 33.8. The van der Waals surface area contributed by atoms with Crippen LogP contribution in [0.15, 0.2) is 87.5 Å². The topological polar surface area (TPSA) is 54.0 Å². The van der Waals surface area contributed by atoms with Crippen molar-refractivity contribution in [2.24, 2.45) is 23.2 Å². The van der Waals surface area contributed by atoms with Crippen molar-refractivity contribution in [2.45, 2.75) is 113 Å². The molecular weight excluding hydrogens is 605 g/mol. The van der Waals surface area contributed by atoms with E-state index in [1.54, 1.807) is 0 Å². The maximum atomic E-state index is 15.1. The third kappa shape index (κ3) is 7.18. The van der Waals surface area contributed by atoms with Gasteiger partial charge in [0.15, 0.2) is 0 Å². The Hall–Kier alpha value is -3.12. The van der Waals surface area contributed by atoms with Crippen LogP contribution < -0.4 is 14.2 Å². The van der Waals surface area contributed by atoms with Crippen molar-refractivity contribution in [1.82, 2.24) is 0 Å². The van der Waals surface area contributed by atoms with Crippen LogP contribution in [0.3, 0.4) is 0 Å². The predicted octanol–water partition coefficient (Wildman–Crippen LogP) is 11.2. The van der Waals surface area contributed by atoms with Gasteiger partial charge in [-0.3, -0.25) is 4.79 Å². The second-order valence-electron chi connectivity index (χ2n) is 14.1. The van der Waals surface area contributed by atoms with E-state index in [-0.39, 0.29) is 5.97 Å². The molecule has 0 unspecified atom stereocenters. The van der Waals surface area contributed by atoms with E-state index in [1.807, 2.05) is 24.3 Å². The third-order valence-electron chi connectivity index (χ3n) is 10.4. The van der Waals surface area contributed by atoms with Gasteiger partial charge in [-0.15, -0.1) is 0 Å². The Morgan fingerprint density at radius 3 is 1.51 bits per heavy atom. The van der Waals surface area contributed by atoms with E-state index >= 15 is 4.79 Å². The Morgan fingerprint density at radius 2 is 1.09 bits per heavy atom. The summed E-state index contributed by atoms with van der Waals surface area (Å²) < 4.78 is 27.1. The Bertz CT molecular complexity index is 1350. The number of hydrogen-bond donors (Lipinski definition) is 0. The third-order valence-corrected chi connectivity index (χ3v) is 13.6. The van der Waals surface area contributed by atoms with Gasteiger partial charge in [0, 0.05) is 32.2 Å². The van der Waals surface area contributed by atoms with E-state index in [9.17, 15) is 0 Å². The molecule has 0 amide bonds. The molecule has 0 atom stereocenters. The smallest absolute Gasteiger partial charge is 0.323 e. The molecule has 0 radical (unpaired) electrons. The maximum absolute atomic E-state index is 15.1. The fraction of sp³-hybridized carbons (Fsp3) is 0.537. The van der Waals surface area contributed by atoms with E-state index < -0.39 is 15.7 Å². The molecule has 4 aliphatic carbocycles. The lowest BCUT2D eigenvalue weighted by Crippen LogP contribution is -2.50. The van der Waals surface area contributed by atoms with E-state index in [2.05, 4.69) is 69.3 Å². The summed E-state index contributed by atoms with van der Waals surface area (Å²) in [5.74, 6) is 3.94. The molecule has 0 heterocycles. The van der Waals surface area contributed by atoms with Gasteiger partial charge in [-0.2, -0.15) is 0 Å². The molecule has 3 aromatic carbocycles. The normalized spacial score (nSPS) is 23.3. The minimum atomic E-state index is -2.66. The lowest BCUT2D eigenvalue weighted by Gasteiger charge is -2.56. The van der Waals surface area contributed by atoms with Gasteiger partial charge in [0.1, 0.15) is 22.1 Å². The molecule has 47 heavy (non-hydrogen) atoms. The molecule has 6 heteroatoms. The lowest BCUT2D eigenvalue weighted by molar-refractivity contribution is -0.160. The van der Waals surface area contributed by atoms with Gasteiger partial charge in [-0.05, 0) is 99.8 Å². The van der Waals surface area contributed by atoms with Crippen LogP contribution in [0.2, 0.25) is 0 Å². The zero-order valence-corrected chi connectivity index (χ0v) is 29.5. The van der Waals surface area contributed by atoms with Crippen LogP contribution >= 0.6 is 10.3 Å². The van der Waals surface area contributed by atoms with E-state index in [0.717, 1.165) is 78.2 Å². The second-order valence-corrected chi connectivity index (χ2v) is 16.7. The number of unbranched alkanes of at least 4 members (excludes halogenated alkanes) is 3. The highest BCUT2D eigenvalue weighted by atomic mass is 32.3. The molecular formula is C41H54O5S. The van der Waals surface area contributed by atoms with Crippen LogP contribution in [-0.2, 0) is 8.98 Å². The molecule has 4 fully saturated rings. The van der Waals surface area contributed by atoms with Crippen LogP contribution in [0.4, 0.5) is 0 Å². The standard InChI is InChI=1S/C41H54O5S/c1-4-7-20-43-34-26-37(44-21-8-5-2)39(38(27-34)45-22-9-6-3)47(35-16-12-10-13-17-35,36-18-14-11-15-19-36)46-40(42)41-28-31-23-32(29-41)25-33(24-31)30-41/h10-19,26-27,31-33H,4-9,20-25,28-30H2,1-3H3. The Labute approximate surface area is 284 Å². The number of ether oxygens (including phenoxy) is 3. The number of benzene rings is 3. The molecule has 0 aromatic heterocycles. The molecule has 254 valence electrons. The average molecular weight is 659 g/mol. The molecule has 0 N–H and O–H groups in total. The lowest BCUT2D eigenvalue weighted by atomic mass is 9.49. The fourth-order valence-corrected chi connectivity index (χ4v) is 11.7. The highest BCUT2D eigenvalue weighted by Crippen LogP contribution is 2.75. The highest BCUT2D eigenvalue weighted by Gasteiger charge is 2.57. The van der Waals surface area contributed by atoms with Crippen molar-refractivity contribution in [3.63, 3.8) is 0 Å². The molecule has 4 aliphatic rings. The average Bonchev–Trinajstić information content (AvgIpc) is 3.08. The summed E-state index contributed by atoms with van der Waals surface area (Å²) in [6.07, 6.45) is 12.5. The quantitative estimate of drug-likeness (QED) is 0.135.